The fraction of sp³-hybridized carbons (Fsp3) is 0.286. The molecule has 1 saturated heterocycles. The largest absolute Gasteiger partial charge is 0.387 e. The summed E-state index contributed by atoms with van der Waals surface area (Å²) < 4.78 is 18.1. The lowest BCUT2D eigenvalue weighted by Gasteiger charge is -2.37. The van der Waals surface area contributed by atoms with Crippen LogP contribution >= 0.6 is 0 Å². The van der Waals surface area contributed by atoms with Crippen molar-refractivity contribution in [2.45, 2.75) is 30.5 Å². The molecular formula is C28H28O4. The summed E-state index contributed by atoms with van der Waals surface area (Å²) in [5, 5.41) is 10.6. The zero-order chi connectivity index (χ0) is 22.4. The van der Waals surface area contributed by atoms with Gasteiger partial charge in [-0.3, -0.25) is 0 Å². The number of hydrogen-bond acceptors (Lipinski definition) is 4. The molecule has 1 fully saturated rings. The molecule has 4 nitrogen and oxygen atoms in total. The van der Waals surface area contributed by atoms with Gasteiger partial charge in [-0.2, -0.15) is 0 Å². The summed E-state index contributed by atoms with van der Waals surface area (Å²) in [6.45, 7) is 0.238. The number of rotatable bonds is 8. The number of hydrogen-bond donors (Lipinski definition) is 1. The van der Waals surface area contributed by atoms with Crippen LogP contribution in [-0.2, 0) is 19.8 Å². The Kier molecular flexibility index (Phi) is 7.04. The van der Waals surface area contributed by atoms with Crippen molar-refractivity contribution in [3.8, 4) is 12.3 Å². The molecule has 32 heavy (non-hydrogen) atoms. The monoisotopic (exact) mass is 428 g/mol. The second-order valence-corrected chi connectivity index (χ2v) is 7.93. The van der Waals surface area contributed by atoms with Crippen molar-refractivity contribution in [1.82, 2.24) is 0 Å². The quantitative estimate of drug-likeness (QED) is 0.428. The first-order valence-electron chi connectivity index (χ1n) is 10.8. The highest BCUT2D eigenvalue weighted by molar-refractivity contribution is 5.47. The molecule has 164 valence electrons. The summed E-state index contributed by atoms with van der Waals surface area (Å²) in [4.78, 5) is 0. The molecule has 4 rings (SSSR count). The molecule has 0 radical (unpaired) electrons. The predicted octanol–water partition coefficient (Wildman–Crippen LogP) is 4.37. The number of ether oxygens (including phenoxy) is 3. The van der Waals surface area contributed by atoms with Gasteiger partial charge >= 0.3 is 0 Å². The summed E-state index contributed by atoms with van der Waals surface area (Å²) >= 11 is 0. The minimum atomic E-state index is -0.857. The van der Waals surface area contributed by atoms with Crippen LogP contribution in [0.4, 0.5) is 0 Å². The minimum Gasteiger partial charge on any atom is -0.387 e. The molecule has 3 aromatic carbocycles. The van der Waals surface area contributed by atoms with E-state index >= 15 is 0 Å². The van der Waals surface area contributed by atoms with E-state index in [1.807, 2.05) is 54.6 Å². The second-order valence-electron chi connectivity index (χ2n) is 7.93. The Morgan fingerprint density at radius 1 is 0.875 bits per heavy atom. The molecule has 1 aliphatic heterocycles. The molecule has 1 aliphatic rings. The third-order valence-electron chi connectivity index (χ3n) is 6.09. The van der Waals surface area contributed by atoms with Gasteiger partial charge in [0.15, 0.2) is 6.29 Å². The maximum atomic E-state index is 10.6. The molecule has 0 amide bonds. The Balaban J connectivity index is 1.77. The number of benzene rings is 3. The maximum Gasteiger partial charge on any atom is 0.183 e. The van der Waals surface area contributed by atoms with Gasteiger partial charge in [-0.05, 0) is 16.7 Å². The molecule has 4 atom stereocenters. The van der Waals surface area contributed by atoms with Crippen LogP contribution in [0.1, 0.15) is 23.1 Å². The zero-order valence-corrected chi connectivity index (χ0v) is 18.1. The van der Waals surface area contributed by atoms with E-state index in [1.54, 1.807) is 0 Å². The van der Waals surface area contributed by atoms with Gasteiger partial charge < -0.3 is 19.3 Å². The normalized spacial score (nSPS) is 23.0. The van der Waals surface area contributed by atoms with E-state index in [1.165, 1.54) is 7.11 Å². The first kappa shape index (κ1) is 22.3. The van der Waals surface area contributed by atoms with Crippen LogP contribution in [0.15, 0.2) is 91.0 Å². The van der Waals surface area contributed by atoms with Crippen LogP contribution in [-0.4, -0.2) is 37.3 Å². The van der Waals surface area contributed by atoms with Gasteiger partial charge in [-0.15, -0.1) is 12.3 Å². The van der Waals surface area contributed by atoms with Gasteiger partial charge in [-0.25, -0.2) is 0 Å². The third-order valence-corrected chi connectivity index (χ3v) is 6.09. The van der Waals surface area contributed by atoms with Crippen LogP contribution in [0.3, 0.4) is 0 Å². The van der Waals surface area contributed by atoms with Gasteiger partial charge in [0.2, 0.25) is 0 Å². The Hall–Kier alpha value is -2.94. The van der Waals surface area contributed by atoms with Crippen molar-refractivity contribution in [3.63, 3.8) is 0 Å². The van der Waals surface area contributed by atoms with E-state index in [-0.39, 0.29) is 12.5 Å². The molecular weight excluding hydrogens is 400 g/mol. The van der Waals surface area contributed by atoms with Crippen LogP contribution < -0.4 is 0 Å². The van der Waals surface area contributed by atoms with Crippen LogP contribution in [0.2, 0.25) is 0 Å². The Bertz CT molecular complexity index is 917. The average molecular weight is 429 g/mol. The summed E-state index contributed by atoms with van der Waals surface area (Å²) in [7, 11) is 1.52. The van der Waals surface area contributed by atoms with Crippen molar-refractivity contribution in [3.05, 3.63) is 108 Å². The van der Waals surface area contributed by atoms with E-state index in [4.69, 9.17) is 20.6 Å². The van der Waals surface area contributed by atoms with Crippen molar-refractivity contribution in [2.75, 3.05) is 13.7 Å². The molecule has 1 heterocycles. The second kappa shape index (κ2) is 10.1. The molecule has 0 unspecified atom stereocenters. The SMILES string of the molecule is C#CC[C@@H]1[C@@H](O)[C@H](OC)O[C@@H]1COC(c1ccccc1)(c1ccccc1)c1ccccc1. The topological polar surface area (TPSA) is 47.9 Å². The van der Waals surface area contributed by atoms with E-state index in [9.17, 15) is 5.11 Å². The predicted molar refractivity (Wildman–Crippen MR) is 124 cm³/mol. The lowest BCUT2D eigenvalue weighted by molar-refractivity contribution is -0.162. The van der Waals surface area contributed by atoms with Gasteiger partial charge in [0, 0.05) is 19.4 Å². The van der Waals surface area contributed by atoms with Crippen LogP contribution in [0, 0.1) is 18.3 Å². The van der Waals surface area contributed by atoms with Gasteiger partial charge in [0.1, 0.15) is 11.7 Å². The first-order chi connectivity index (χ1) is 15.7. The van der Waals surface area contributed by atoms with Gasteiger partial charge in [-0.1, -0.05) is 91.0 Å². The standard InChI is InChI=1S/C28H28O4/c1-3-13-24-25(32-27(30-2)26(24)29)20-31-28(21-14-7-4-8-15-21,22-16-9-5-10-17-22)23-18-11-6-12-19-23/h1,4-12,14-19,24-27,29H,13,20H2,2H3/t24-,25+,26+,27+/m0/s1. The molecule has 0 aliphatic carbocycles. The highest BCUT2D eigenvalue weighted by atomic mass is 16.7. The van der Waals surface area contributed by atoms with Gasteiger partial charge in [0.25, 0.3) is 0 Å². The molecule has 0 bridgehead atoms. The average Bonchev–Trinajstić information content (AvgIpc) is 3.16. The van der Waals surface area contributed by atoms with Gasteiger partial charge in [0.05, 0.1) is 12.7 Å². The fourth-order valence-electron chi connectivity index (χ4n) is 4.50. The smallest absolute Gasteiger partial charge is 0.183 e. The Labute approximate surface area is 189 Å². The lowest BCUT2D eigenvalue weighted by Crippen LogP contribution is -2.37. The third kappa shape index (κ3) is 4.21. The molecule has 1 N–H and O–H groups in total. The summed E-state index contributed by atoms with van der Waals surface area (Å²) in [5.74, 6) is 2.38. The van der Waals surface area contributed by atoms with Crippen molar-refractivity contribution < 1.29 is 19.3 Å². The van der Waals surface area contributed by atoms with E-state index in [2.05, 4.69) is 42.3 Å². The van der Waals surface area contributed by atoms with Crippen molar-refractivity contribution in [1.29, 1.82) is 0 Å². The van der Waals surface area contributed by atoms with E-state index < -0.39 is 24.1 Å². The first-order valence-corrected chi connectivity index (χ1v) is 10.8. The van der Waals surface area contributed by atoms with Crippen molar-refractivity contribution in [2.24, 2.45) is 5.92 Å². The number of aliphatic hydroxyl groups is 1. The Morgan fingerprint density at radius 3 is 1.75 bits per heavy atom. The van der Waals surface area contributed by atoms with Crippen LogP contribution in [0.5, 0.6) is 0 Å². The van der Waals surface area contributed by atoms with Crippen LogP contribution in [0.25, 0.3) is 0 Å². The maximum absolute atomic E-state index is 10.6. The fourth-order valence-corrected chi connectivity index (χ4v) is 4.50. The molecule has 0 aromatic heterocycles. The lowest BCUT2D eigenvalue weighted by atomic mass is 9.80. The minimum absolute atomic E-state index is 0.238. The van der Waals surface area contributed by atoms with E-state index in [0.29, 0.717) is 6.42 Å². The molecule has 3 aromatic rings. The molecule has 0 saturated carbocycles. The molecule has 0 spiro atoms. The zero-order valence-electron chi connectivity index (χ0n) is 18.1. The summed E-state index contributed by atoms with van der Waals surface area (Å²) in [5.41, 5.74) is 2.16. The molecule has 4 heteroatoms. The van der Waals surface area contributed by atoms with E-state index in [0.717, 1.165) is 16.7 Å². The van der Waals surface area contributed by atoms with Crippen molar-refractivity contribution >= 4 is 0 Å². The highest BCUT2D eigenvalue weighted by Crippen LogP contribution is 2.41. The number of methoxy groups -OCH3 is 1. The number of aliphatic hydroxyl groups excluding tert-OH is 1. The summed E-state index contributed by atoms with van der Waals surface area (Å²) in [6.07, 6.45) is 4.03. The Morgan fingerprint density at radius 2 is 1.34 bits per heavy atom. The highest BCUT2D eigenvalue weighted by Gasteiger charge is 2.46. The summed E-state index contributed by atoms with van der Waals surface area (Å²) in [6, 6.07) is 30.5. The number of terminal acetylenes is 1.